The Morgan fingerprint density at radius 3 is 2.50 bits per heavy atom. The van der Waals surface area contributed by atoms with Crippen LogP contribution in [-0.2, 0) is 0 Å². The molecule has 0 spiro atoms. The van der Waals surface area contributed by atoms with Crippen molar-refractivity contribution >= 4 is 43.4 Å². The molecule has 0 N–H and O–H groups in total. The van der Waals surface area contributed by atoms with E-state index in [1.54, 1.807) is 0 Å². The Bertz CT molecular complexity index is 414. The molecule has 0 bridgehead atoms. The number of thioether (sulfide) groups is 2. The van der Waals surface area contributed by atoms with Crippen molar-refractivity contribution in [3.8, 4) is 5.75 Å². The fraction of sp³-hybridized carbons (Fsp3) is 0.538. The fourth-order valence-electron chi connectivity index (χ4n) is 1.79. The van der Waals surface area contributed by atoms with E-state index in [4.69, 9.17) is 16.0 Å². The smallest absolute Gasteiger partial charge is 0.242 e. The molecule has 1 aromatic rings. The third-order valence-electron chi connectivity index (χ3n) is 2.47. The quantitative estimate of drug-likeness (QED) is 0.688. The molecule has 0 unspecified atom stereocenters. The molecule has 18 heavy (non-hydrogen) atoms. The molecule has 1 aromatic carbocycles. The maximum Gasteiger partial charge on any atom is 0.242 e. The van der Waals surface area contributed by atoms with Gasteiger partial charge in [-0.05, 0) is 49.7 Å². The second-order valence-electron chi connectivity index (χ2n) is 5.32. The molecule has 0 saturated carbocycles. The van der Waals surface area contributed by atoms with Crippen LogP contribution in [0.15, 0.2) is 18.2 Å². The number of halogens is 1. The van der Waals surface area contributed by atoms with Crippen LogP contribution in [0.25, 0.3) is 0 Å². The topological polar surface area (TPSA) is 9.23 Å². The van der Waals surface area contributed by atoms with Gasteiger partial charge in [0.2, 0.25) is 8.32 Å². The van der Waals surface area contributed by atoms with Crippen LogP contribution in [0.5, 0.6) is 5.75 Å². The lowest BCUT2D eigenvalue weighted by Crippen LogP contribution is -2.29. The van der Waals surface area contributed by atoms with Gasteiger partial charge < -0.3 is 4.43 Å². The Morgan fingerprint density at radius 1 is 1.22 bits per heavy atom. The van der Waals surface area contributed by atoms with E-state index < -0.39 is 8.32 Å². The summed E-state index contributed by atoms with van der Waals surface area (Å²) in [6.45, 7) is 6.62. The van der Waals surface area contributed by atoms with Crippen molar-refractivity contribution in [2.75, 3.05) is 11.5 Å². The molecule has 1 aliphatic rings. The molecule has 0 aromatic heterocycles. The van der Waals surface area contributed by atoms with E-state index in [9.17, 15) is 0 Å². The van der Waals surface area contributed by atoms with E-state index in [2.05, 4.69) is 25.7 Å². The van der Waals surface area contributed by atoms with Gasteiger partial charge in [-0.3, -0.25) is 0 Å². The molecule has 0 aliphatic carbocycles. The number of hydrogen-bond donors (Lipinski definition) is 0. The molecule has 1 aliphatic heterocycles. The zero-order chi connectivity index (χ0) is 13.2. The number of benzene rings is 1. The maximum absolute atomic E-state index is 6.19. The molecule has 1 fully saturated rings. The Balaban J connectivity index is 2.27. The van der Waals surface area contributed by atoms with Crippen LogP contribution in [0.1, 0.15) is 16.6 Å². The van der Waals surface area contributed by atoms with Crippen LogP contribution < -0.4 is 4.43 Å². The Kier molecular flexibility index (Phi) is 4.97. The van der Waals surface area contributed by atoms with Crippen LogP contribution in [0.2, 0.25) is 24.7 Å². The highest BCUT2D eigenvalue weighted by Gasteiger charge is 2.24. The molecule has 2 rings (SSSR count). The van der Waals surface area contributed by atoms with E-state index in [1.165, 1.54) is 23.5 Å². The molecule has 0 amide bonds. The standard InChI is InChI=1S/C13H19ClOS2Si/c1-18(2,3)15-12-9-10(14)5-6-11(12)13-16-7-4-8-17-13/h5-6,9,13H,4,7-8H2,1-3H3. The normalized spacial score (nSPS) is 17.8. The lowest BCUT2D eigenvalue weighted by molar-refractivity contribution is 0.552. The first kappa shape index (κ1) is 14.6. The molecule has 100 valence electrons. The second-order valence-corrected chi connectivity index (χ2v) is 12.9. The minimum Gasteiger partial charge on any atom is -0.544 e. The summed E-state index contributed by atoms with van der Waals surface area (Å²) in [4.78, 5) is 0. The summed E-state index contributed by atoms with van der Waals surface area (Å²) in [6.07, 6.45) is 1.31. The molecule has 1 nitrogen and oxygen atoms in total. The van der Waals surface area contributed by atoms with Gasteiger partial charge in [0.25, 0.3) is 0 Å². The van der Waals surface area contributed by atoms with Crippen LogP contribution >= 0.6 is 35.1 Å². The lowest BCUT2D eigenvalue weighted by Gasteiger charge is -2.27. The Morgan fingerprint density at radius 2 is 1.89 bits per heavy atom. The molecule has 5 heteroatoms. The van der Waals surface area contributed by atoms with Crippen LogP contribution in [0.3, 0.4) is 0 Å². The minimum absolute atomic E-state index is 0.502. The summed E-state index contributed by atoms with van der Waals surface area (Å²) >= 11 is 10.1. The van der Waals surface area contributed by atoms with Crippen molar-refractivity contribution < 1.29 is 4.43 Å². The lowest BCUT2D eigenvalue weighted by atomic mass is 10.2. The first-order valence-electron chi connectivity index (χ1n) is 6.17. The van der Waals surface area contributed by atoms with Crippen LogP contribution in [0, 0.1) is 0 Å². The van der Waals surface area contributed by atoms with E-state index in [-0.39, 0.29) is 0 Å². The van der Waals surface area contributed by atoms with Crippen molar-refractivity contribution in [1.29, 1.82) is 0 Å². The molecule has 1 saturated heterocycles. The average molecular weight is 319 g/mol. The van der Waals surface area contributed by atoms with E-state index in [0.29, 0.717) is 4.58 Å². The van der Waals surface area contributed by atoms with Gasteiger partial charge in [-0.1, -0.05) is 17.7 Å². The first-order chi connectivity index (χ1) is 8.46. The largest absolute Gasteiger partial charge is 0.544 e. The number of hydrogen-bond acceptors (Lipinski definition) is 3. The van der Waals surface area contributed by atoms with Gasteiger partial charge in [-0.2, -0.15) is 0 Å². The molecule has 0 radical (unpaired) electrons. The van der Waals surface area contributed by atoms with Gasteiger partial charge in [-0.25, -0.2) is 0 Å². The first-order valence-corrected chi connectivity index (χ1v) is 12.1. The third kappa shape index (κ3) is 4.12. The molecular weight excluding hydrogens is 300 g/mol. The Hall–Kier alpha value is 0.227. The van der Waals surface area contributed by atoms with Crippen molar-refractivity contribution in [2.24, 2.45) is 0 Å². The van der Waals surface area contributed by atoms with Crippen molar-refractivity contribution in [3.63, 3.8) is 0 Å². The summed E-state index contributed by atoms with van der Waals surface area (Å²) in [5, 5.41) is 0.762. The average Bonchev–Trinajstić information content (AvgIpc) is 2.28. The van der Waals surface area contributed by atoms with Gasteiger partial charge in [0.15, 0.2) is 0 Å². The SMILES string of the molecule is C[Si](C)(C)Oc1cc(Cl)ccc1C1SCCCS1. The van der Waals surface area contributed by atoms with Crippen LogP contribution in [-0.4, -0.2) is 19.8 Å². The van der Waals surface area contributed by atoms with E-state index >= 15 is 0 Å². The predicted molar refractivity (Wildman–Crippen MR) is 87.7 cm³/mol. The predicted octanol–water partition coefficient (Wildman–Crippen LogP) is 5.42. The zero-order valence-electron chi connectivity index (χ0n) is 11.0. The Labute approximate surface area is 124 Å². The summed E-state index contributed by atoms with van der Waals surface area (Å²) in [6, 6.07) is 6.09. The molecular formula is C13H19ClOS2Si. The van der Waals surface area contributed by atoms with Crippen molar-refractivity contribution in [1.82, 2.24) is 0 Å². The van der Waals surface area contributed by atoms with Gasteiger partial charge in [-0.15, -0.1) is 23.5 Å². The summed E-state index contributed by atoms with van der Waals surface area (Å²) in [5.74, 6) is 3.48. The molecule has 1 heterocycles. The van der Waals surface area contributed by atoms with Gasteiger partial charge in [0.1, 0.15) is 5.75 Å². The summed E-state index contributed by atoms with van der Waals surface area (Å²) in [5.41, 5.74) is 1.30. The monoisotopic (exact) mass is 318 g/mol. The highest BCUT2D eigenvalue weighted by atomic mass is 35.5. The highest BCUT2D eigenvalue weighted by Crippen LogP contribution is 2.47. The molecule has 0 atom stereocenters. The fourth-order valence-corrected chi connectivity index (χ4v) is 5.73. The maximum atomic E-state index is 6.19. The van der Waals surface area contributed by atoms with E-state index in [0.717, 1.165) is 10.8 Å². The minimum atomic E-state index is -1.59. The highest BCUT2D eigenvalue weighted by molar-refractivity contribution is 8.16. The van der Waals surface area contributed by atoms with Crippen molar-refractivity contribution in [2.45, 2.75) is 30.6 Å². The van der Waals surface area contributed by atoms with Gasteiger partial charge in [0, 0.05) is 10.6 Å². The van der Waals surface area contributed by atoms with Gasteiger partial charge >= 0.3 is 0 Å². The zero-order valence-corrected chi connectivity index (χ0v) is 14.4. The van der Waals surface area contributed by atoms with Crippen molar-refractivity contribution in [3.05, 3.63) is 28.8 Å². The van der Waals surface area contributed by atoms with E-state index in [1.807, 2.05) is 35.7 Å². The third-order valence-corrected chi connectivity index (χ3v) is 6.52. The summed E-state index contributed by atoms with van der Waals surface area (Å²) in [7, 11) is -1.59. The number of rotatable bonds is 3. The second kappa shape index (κ2) is 6.12. The summed E-state index contributed by atoms with van der Waals surface area (Å²) < 4.78 is 6.70. The van der Waals surface area contributed by atoms with Gasteiger partial charge in [0.05, 0.1) is 4.58 Å². The van der Waals surface area contributed by atoms with Crippen LogP contribution in [0.4, 0.5) is 0 Å².